The second-order valence-electron chi connectivity index (χ2n) is 4.38. The standard InChI is InChI=1S/C12H18N2O2/c1-9-4-5-16-11(9)7-13-8-12(15)14-6-10-2-3-10/h4-5,10,13H,2-3,6-8H2,1H3,(H,14,15). The highest BCUT2D eigenvalue weighted by Crippen LogP contribution is 2.27. The molecule has 1 aromatic heterocycles. The van der Waals surface area contributed by atoms with E-state index in [4.69, 9.17) is 4.42 Å². The van der Waals surface area contributed by atoms with Crippen molar-refractivity contribution in [3.8, 4) is 0 Å². The lowest BCUT2D eigenvalue weighted by Crippen LogP contribution is -2.34. The summed E-state index contributed by atoms with van der Waals surface area (Å²) in [5.74, 6) is 1.70. The summed E-state index contributed by atoms with van der Waals surface area (Å²) in [7, 11) is 0. The van der Waals surface area contributed by atoms with Gasteiger partial charge in [-0.15, -0.1) is 0 Å². The first kappa shape index (κ1) is 11.2. The van der Waals surface area contributed by atoms with E-state index in [2.05, 4.69) is 10.6 Å². The molecule has 0 unspecified atom stereocenters. The van der Waals surface area contributed by atoms with Gasteiger partial charge in [0.2, 0.25) is 5.91 Å². The summed E-state index contributed by atoms with van der Waals surface area (Å²) in [6, 6.07) is 1.92. The van der Waals surface area contributed by atoms with Crippen molar-refractivity contribution in [1.29, 1.82) is 0 Å². The lowest BCUT2D eigenvalue weighted by molar-refractivity contribution is -0.120. The van der Waals surface area contributed by atoms with Crippen LogP contribution in [0.2, 0.25) is 0 Å². The molecule has 1 aromatic rings. The van der Waals surface area contributed by atoms with E-state index < -0.39 is 0 Å². The number of carbonyl (C=O) groups excluding carboxylic acids is 1. The zero-order chi connectivity index (χ0) is 11.4. The van der Waals surface area contributed by atoms with Crippen LogP contribution in [-0.4, -0.2) is 19.0 Å². The first-order valence-electron chi connectivity index (χ1n) is 5.76. The van der Waals surface area contributed by atoms with Gasteiger partial charge in [0.15, 0.2) is 0 Å². The number of hydrogen-bond donors (Lipinski definition) is 2. The number of nitrogens with one attached hydrogen (secondary N) is 2. The number of hydrogen-bond acceptors (Lipinski definition) is 3. The molecule has 0 radical (unpaired) electrons. The largest absolute Gasteiger partial charge is 0.468 e. The van der Waals surface area contributed by atoms with Crippen molar-refractivity contribution in [2.24, 2.45) is 5.92 Å². The number of aryl methyl sites for hydroxylation is 1. The topological polar surface area (TPSA) is 54.3 Å². The molecule has 16 heavy (non-hydrogen) atoms. The zero-order valence-electron chi connectivity index (χ0n) is 9.58. The van der Waals surface area contributed by atoms with Crippen LogP contribution >= 0.6 is 0 Å². The maximum absolute atomic E-state index is 11.4. The van der Waals surface area contributed by atoms with E-state index in [1.165, 1.54) is 12.8 Å². The van der Waals surface area contributed by atoms with Crippen LogP contribution in [0, 0.1) is 12.8 Å². The SMILES string of the molecule is Cc1ccoc1CNCC(=O)NCC1CC1. The first-order valence-corrected chi connectivity index (χ1v) is 5.76. The van der Waals surface area contributed by atoms with Gasteiger partial charge >= 0.3 is 0 Å². The van der Waals surface area contributed by atoms with Gasteiger partial charge < -0.3 is 15.1 Å². The molecule has 0 aliphatic heterocycles. The highest BCUT2D eigenvalue weighted by atomic mass is 16.3. The molecular weight excluding hydrogens is 204 g/mol. The Morgan fingerprint density at radius 2 is 2.38 bits per heavy atom. The van der Waals surface area contributed by atoms with Gasteiger partial charge in [-0.25, -0.2) is 0 Å². The van der Waals surface area contributed by atoms with Crippen molar-refractivity contribution in [2.45, 2.75) is 26.3 Å². The summed E-state index contributed by atoms with van der Waals surface area (Å²) in [5, 5.41) is 5.97. The van der Waals surface area contributed by atoms with E-state index in [0.29, 0.717) is 13.1 Å². The third-order valence-corrected chi connectivity index (χ3v) is 2.82. The quantitative estimate of drug-likeness (QED) is 0.760. The normalized spacial score (nSPS) is 15.1. The molecule has 4 heteroatoms. The fraction of sp³-hybridized carbons (Fsp3) is 0.583. The zero-order valence-corrected chi connectivity index (χ0v) is 9.58. The molecule has 1 fully saturated rings. The Hall–Kier alpha value is -1.29. The second-order valence-corrected chi connectivity index (χ2v) is 4.38. The Labute approximate surface area is 95.4 Å². The van der Waals surface area contributed by atoms with Gasteiger partial charge in [0.05, 0.1) is 19.4 Å². The van der Waals surface area contributed by atoms with E-state index in [1.54, 1.807) is 6.26 Å². The molecule has 2 rings (SSSR count). The number of furan rings is 1. The van der Waals surface area contributed by atoms with E-state index in [9.17, 15) is 4.79 Å². The van der Waals surface area contributed by atoms with Crippen LogP contribution in [0.5, 0.6) is 0 Å². The van der Waals surface area contributed by atoms with Gasteiger partial charge in [0.1, 0.15) is 5.76 Å². The molecular formula is C12H18N2O2. The average molecular weight is 222 g/mol. The number of amides is 1. The average Bonchev–Trinajstić information content (AvgIpc) is 3.01. The predicted octanol–water partition coefficient (Wildman–Crippen LogP) is 1.20. The minimum absolute atomic E-state index is 0.0658. The molecule has 4 nitrogen and oxygen atoms in total. The number of rotatable bonds is 6. The van der Waals surface area contributed by atoms with Crippen molar-refractivity contribution in [3.05, 3.63) is 23.7 Å². The lowest BCUT2D eigenvalue weighted by atomic mass is 10.3. The Morgan fingerprint density at radius 1 is 1.56 bits per heavy atom. The van der Waals surface area contributed by atoms with Crippen molar-refractivity contribution in [1.82, 2.24) is 10.6 Å². The van der Waals surface area contributed by atoms with E-state index in [-0.39, 0.29) is 5.91 Å². The lowest BCUT2D eigenvalue weighted by Gasteiger charge is -2.05. The summed E-state index contributed by atoms with van der Waals surface area (Å²) in [5.41, 5.74) is 1.12. The molecule has 1 amide bonds. The Bertz CT molecular complexity index is 356. The van der Waals surface area contributed by atoms with E-state index >= 15 is 0 Å². The molecule has 0 saturated heterocycles. The summed E-state index contributed by atoms with van der Waals surface area (Å²) < 4.78 is 5.26. The first-order chi connectivity index (χ1) is 7.75. The monoisotopic (exact) mass is 222 g/mol. The molecule has 1 heterocycles. The highest BCUT2D eigenvalue weighted by molar-refractivity contribution is 5.77. The van der Waals surface area contributed by atoms with Crippen LogP contribution in [0.25, 0.3) is 0 Å². The van der Waals surface area contributed by atoms with Gasteiger partial charge in [-0.1, -0.05) is 0 Å². The minimum Gasteiger partial charge on any atom is -0.468 e. The molecule has 1 aliphatic rings. The molecule has 0 atom stereocenters. The van der Waals surface area contributed by atoms with Crippen molar-refractivity contribution in [3.63, 3.8) is 0 Å². The predicted molar refractivity (Wildman–Crippen MR) is 60.9 cm³/mol. The maximum atomic E-state index is 11.4. The van der Waals surface area contributed by atoms with Crippen molar-refractivity contribution in [2.75, 3.05) is 13.1 Å². The van der Waals surface area contributed by atoms with E-state index in [0.717, 1.165) is 23.8 Å². The number of carbonyl (C=O) groups is 1. The molecule has 1 aliphatic carbocycles. The van der Waals surface area contributed by atoms with Crippen molar-refractivity contribution >= 4 is 5.91 Å². The Kier molecular flexibility index (Phi) is 3.62. The summed E-state index contributed by atoms with van der Waals surface area (Å²) in [6.07, 6.45) is 4.19. The molecule has 0 aromatic carbocycles. The molecule has 88 valence electrons. The fourth-order valence-electron chi connectivity index (χ4n) is 1.52. The van der Waals surface area contributed by atoms with Crippen LogP contribution in [0.3, 0.4) is 0 Å². The molecule has 2 N–H and O–H groups in total. The Morgan fingerprint density at radius 3 is 3.00 bits per heavy atom. The second kappa shape index (κ2) is 5.16. The third kappa shape index (κ3) is 3.38. The minimum atomic E-state index is 0.0658. The van der Waals surface area contributed by atoms with Gasteiger partial charge in [0, 0.05) is 6.54 Å². The van der Waals surface area contributed by atoms with Crippen LogP contribution in [0.4, 0.5) is 0 Å². The maximum Gasteiger partial charge on any atom is 0.233 e. The molecule has 1 saturated carbocycles. The summed E-state index contributed by atoms with van der Waals surface area (Å²) in [4.78, 5) is 11.4. The fourth-order valence-corrected chi connectivity index (χ4v) is 1.52. The molecule has 0 bridgehead atoms. The smallest absolute Gasteiger partial charge is 0.233 e. The van der Waals surface area contributed by atoms with Gasteiger partial charge in [0.25, 0.3) is 0 Å². The highest BCUT2D eigenvalue weighted by Gasteiger charge is 2.21. The Balaban J connectivity index is 1.59. The van der Waals surface area contributed by atoms with Crippen LogP contribution < -0.4 is 10.6 Å². The van der Waals surface area contributed by atoms with Gasteiger partial charge in [-0.05, 0) is 37.3 Å². The van der Waals surface area contributed by atoms with E-state index in [1.807, 2.05) is 13.0 Å². The molecule has 0 spiro atoms. The van der Waals surface area contributed by atoms with Crippen LogP contribution in [-0.2, 0) is 11.3 Å². The summed E-state index contributed by atoms with van der Waals surface area (Å²) >= 11 is 0. The summed E-state index contributed by atoms with van der Waals surface area (Å²) in [6.45, 7) is 3.79. The third-order valence-electron chi connectivity index (χ3n) is 2.82. The van der Waals surface area contributed by atoms with Crippen molar-refractivity contribution < 1.29 is 9.21 Å². The van der Waals surface area contributed by atoms with Gasteiger partial charge in [-0.2, -0.15) is 0 Å². The van der Waals surface area contributed by atoms with Gasteiger partial charge in [-0.3, -0.25) is 4.79 Å². The van der Waals surface area contributed by atoms with Crippen LogP contribution in [0.1, 0.15) is 24.2 Å². The van der Waals surface area contributed by atoms with Crippen LogP contribution in [0.15, 0.2) is 16.7 Å².